The lowest BCUT2D eigenvalue weighted by molar-refractivity contribution is -0.379. The standard InChI is InChI=1S/C31H53NO23/c1-8-15(32-10-2-9(3-33)16(40)20(44)17(10)41)19(43)23(47)29(50-8)54-27-13(6-36)52-31(25(49)22(27)46)55-28-14(7-37)51-30(24(48)21(28)45)53-26(12(39)5-35)18(42)11(38)4-34/h2,8,10,12-37,39-49H,3-7H2,1H3/t8-,10+,12-,13-,14-,15-,16-,17+,18-,19+,20+,21-,22-,23-,24-,25-,26-,27-,28-,29-,30-,31-/m1/s1. The van der Waals surface area contributed by atoms with Gasteiger partial charge in [0.2, 0.25) is 0 Å². The van der Waals surface area contributed by atoms with Gasteiger partial charge in [0.05, 0.1) is 44.6 Å². The molecule has 3 saturated heterocycles. The second-order valence-electron chi connectivity index (χ2n) is 13.8. The fourth-order valence-electron chi connectivity index (χ4n) is 6.82. The molecule has 0 aromatic rings. The van der Waals surface area contributed by atoms with Crippen LogP contribution >= 0.6 is 0 Å². The van der Waals surface area contributed by atoms with E-state index < -0.39 is 174 Å². The van der Waals surface area contributed by atoms with Gasteiger partial charge in [-0.3, -0.25) is 4.79 Å². The predicted octanol–water partition coefficient (Wildman–Crippen LogP) is -10.9. The minimum atomic E-state index is -2.23. The number of aliphatic hydroxyl groups excluding tert-OH is 16. The molecular weight excluding hydrogens is 754 g/mol. The maximum absolute atomic E-state index is 11.8. The Labute approximate surface area is 312 Å². The topological polar surface area (TPSA) is 408 Å². The van der Waals surface area contributed by atoms with E-state index in [2.05, 4.69) is 5.32 Å². The van der Waals surface area contributed by atoms with Crippen LogP contribution in [0.5, 0.6) is 0 Å². The lowest BCUT2D eigenvalue weighted by Crippen LogP contribution is -2.68. The molecule has 0 saturated carbocycles. The summed E-state index contributed by atoms with van der Waals surface area (Å²) in [4.78, 5) is 11.8. The average Bonchev–Trinajstić information content (AvgIpc) is 3.18. The van der Waals surface area contributed by atoms with Crippen LogP contribution in [0, 0.1) is 0 Å². The molecule has 0 radical (unpaired) electrons. The van der Waals surface area contributed by atoms with Crippen molar-refractivity contribution in [1.29, 1.82) is 0 Å². The lowest BCUT2D eigenvalue weighted by atomic mass is 9.86. The van der Waals surface area contributed by atoms with E-state index in [1.165, 1.54) is 13.0 Å². The molecule has 55 heavy (non-hydrogen) atoms. The van der Waals surface area contributed by atoms with Crippen LogP contribution in [0.15, 0.2) is 11.6 Å². The summed E-state index contributed by atoms with van der Waals surface area (Å²) in [5, 5.41) is 168. The number of aliphatic hydroxyl groups is 16. The first kappa shape index (κ1) is 46.2. The van der Waals surface area contributed by atoms with Crippen molar-refractivity contribution in [1.82, 2.24) is 5.32 Å². The largest absolute Gasteiger partial charge is 0.394 e. The number of rotatable bonds is 16. The molecule has 17 N–H and O–H groups in total. The first-order valence-corrected chi connectivity index (χ1v) is 17.4. The van der Waals surface area contributed by atoms with Gasteiger partial charge in [0.25, 0.3) is 0 Å². The van der Waals surface area contributed by atoms with Crippen molar-refractivity contribution in [2.75, 3.05) is 33.0 Å². The monoisotopic (exact) mass is 807 g/mol. The lowest BCUT2D eigenvalue weighted by Gasteiger charge is -2.49. The molecule has 0 spiro atoms. The molecular formula is C31H53NO23. The summed E-state index contributed by atoms with van der Waals surface area (Å²) in [6.07, 6.45) is -35.1. The first-order chi connectivity index (χ1) is 25.9. The number of hydrogen-bond donors (Lipinski definition) is 17. The molecule has 22 atom stereocenters. The molecule has 0 bridgehead atoms. The number of ether oxygens (including phenoxy) is 6. The SMILES string of the molecule is C[C@H]1O[C@H](O[C@H]2[C@H](O)[C@@H](O)[C@@H](O[C@H]3[C@H](O)[C@@H](O)[C@@H](O[C@H]([C@H](O)CO)[C@H](O)C(=O)CO)O[C@@H]3CO)O[C@@H]2CO)[C@H](O)[C@@H](O)[C@@H]1N[C@H]1C=C(CO)[C@@H](O)[C@H](O)[C@H]1O. The number of Topliss-reactive ketones (excluding diaryl/α,β-unsaturated/α-hetero) is 1. The van der Waals surface area contributed by atoms with E-state index in [1.54, 1.807) is 0 Å². The van der Waals surface area contributed by atoms with Crippen LogP contribution in [-0.4, -0.2) is 255 Å². The highest BCUT2D eigenvalue weighted by Gasteiger charge is 2.54. The van der Waals surface area contributed by atoms with E-state index in [0.717, 1.165) is 0 Å². The maximum atomic E-state index is 11.8. The molecule has 0 amide bonds. The van der Waals surface area contributed by atoms with Gasteiger partial charge in [0.15, 0.2) is 24.7 Å². The Morgan fingerprint density at radius 2 is 1.22 bits per heavy atom. The van der Waals surface area contributed by atoms with E-state index in [1.807, 2.05) is 0 Å². The fourth-order valence-corrected chi connectivity index (χ4v) is 6.82. The Hall–Kier alpha value is -1.51. The summed E-state index contributed by atoms with van der Waals surface area (Å²) in [5.74, 6) is -1.24. The van der Waals surface area contributed by atoms with E-state index in [9.17, 15) is 81.4 Å². The second kappa shape index (κ2) is 20.0. The smallest absolute Gasteiger partial charge is 0.189 e. The molecule has 4 rings (SSSR count). The van der Waals surface area contributed by atoms with Crippen molar-refractivity contribution in [3.8, 4) is 0 Å². The molecule has 0 aromatic carbocycles. The Bertz CT molecular complexity index is 1250. The van der Waals surface area contributed by atoms with Gasteiger partial charge in [-0.05, 0) is 12.5 Å². The fraction of sp³-hybridized carbons (Fsp3) is 0.903. The molecule has 24 heteroatoms. The molecule has 0 aromatic heterocycles. The van der Waals surface area contributed by atoms with Crippen molar-refractivity contribution in [2.45, 2.75) is 142 Å². The van der Waals surface area contributed by atoms with Crippen LogP contribution in [-0.2, 0) is 33.2 Å². The molecule has 4 aliphatic rings. The Balaban J connectivity index is 1.42. The van der Waals surface area contributed by atoms with Crippen LogP contribution in [0.25, 0.3) is 0 Å². The van der Waals surface area contributed by atoms with E-state index in [0.29, 0.717) is 0 Å². The van der Waals surface area contributed by atoms with Crippen molar-refractivity contribution >= 4 is 5.78 Å². The maximum Gasteiger partial charge on any atom is 0.189 e. The number of hydrogen-bond acceptors (Lipinski definition) is 24. The van der Waals surface area contributed by atoms with Gasteiger partial charge in [-0.25, -0.2) is 0 Å². The van der Waals surface area contributed by atoms with Gasteiger partial charge in [0.1, 0.15) is 104 Å². The number of carbonyl (C=O) groups is 1. The Morgan fingerprint density at radius 1 is 0.709 bits per heavy atom. The average molecular weight is 808 g/mol. The van der Waals surface area contributed by atoms with Crippen molar-refractivity contribution < 1.29 is 115 Å². The van der Waals surface area contributed by atoms with Crippen LogP contribution in [0.1, 0.15) is 6.92 Å². The number of carbonyl (C=O) groups excluding carboxylic acids is 1. The zero-order chi connectivity index (χ0) is 41.0. The van der Waals surface area contributed by atoms with Gasteiger partial charge >= 0.3 is 0 Å². The van der Waals surface area contributed by atoms with Crippen LogP contribution < -0.4 is 5.32 Å². The Morgan fingerprint density at radius 3 is 1.73 bits per heavy atom. The van der Waals surface area contributed by atoms with Crippen molar-refractivity contribution in [2.24, 2.45) is 0 Å². The third-order valence-corrected chi connectivity index (χ3v) is 10.1. The highest BCUT2D eigenvalue weighted by Crippen LogP contribution is 2.33. The van der Waals surface area contributed by atoms with Gasteiger partial charge in [0, 0.05) is 0 Å². The molecule has 24 nitrogen and oxygen atoms in total. The van der Waals surface area contributed by atoms with Crippen LogP contribution in [0.2, 0.25) is 0 Å². The molecule has 320 valence electrons. The molecule has 3 aliphatic heterocycles. The number of ketones is 1. The summed E-state index contributed by atoms with van der Waals surface area (Å²) in [6.45, 7) is -3.37. The molecule has 0 unspecified atom stereocenters. The van der Waals surface area contributed by atoms with Gasteiger partial charge in [-0.2, -0.15) is 0 Å². The van der Waals surface area contributed by atoms with Gasteiger partial charge in [-0.1, -0.05) is 6.08 Å². The third-order valence-electron chi connectivity index (χ3n) is 10.1. The predicted molar refractivity (Wildman–Crippen MR) is 172 cm³/mol. The first-order valence-electron chi connectivity index (χ1n) is 17.4. The van der Waals surface area contributed by atoms with Crippen molar-refractivity contribution in [3.05, 3.63) is 11.6 Å². The van der Waals surface area contributed by atoms with E-state index in [4.69, 9.17) is 33.5 Å². The quantitative estimate of drug-likeness (QED) is 0.0644. The Kier molecular flexibility index (Phi) is 16.8. The normalized spacial score (nSPS) is 45.8. The number of nitrogens with one attached hydrogen (secondary N) is 1. The summed E-state index contributed by atoms with van der Waals surface area (Å²) in [6, 6.07) is -2.28. The van der Waals surface area contributed by atoms with Crippen molar-refractivity contribution in [3.63, 3.8) is 0 Å². The summed E-state index contributed by atoms with van der Waals surface area (Å²) < 4.78 is 33.3. The zero-order valence-corrected chi connectivity index (χ0v) is 29.3. The summed E-state index contributed by atoms with van der Waals surface area (Å²) in [7, 11) is 0. The summed E-state index contributed by atoms with van der Waals surface area (Å²) in [5.41, 5.74) is -0.0113. The van der Waals surface area contributed by atoms with Gasteiger partial charge in [-0.15, -0.1) is 0 Å². The van der Waals surface area contributed by atoms with E-state index in [-0.39, 0.29) is 5.57 Å². The third kappa shape index (κ3) is 9.86. The minimum Gasteiger partial charge on any atom is -0.394 e. The van der Waals surface area contributed by atoms with Crippen LogP contribution in [0.3, 0.4) is 0 Å². The summed E-state index contributed by atoms with van der Waals surface area (Å²) >= 11 is 0. The van der Waals surface area contributed by atoms with Crippen LogP contribution in [0.4, 0.5) is 0 Å². The highest BCUT2D eigenvalue weighted by molar-refractivity contribution is 5.84. The zero-order valence-electron chi connectivity index (χ0n) is 29.3. The second-order valence-corrected chi connectivity index (χ2v) is 13.8. The molecule has 3 heterocycles. The van der Waals surface area contributed by atoms with E-state index >= 15 is 0 Å². The molecule has 3 fully saturated rings. The van der Waals surface area contributed by atoms with Gasteiger partial charge < -0.3 is 115 Å². The highest BCUT2D eigenvalue weighted by atomic mass is 16.8. The molecule has 1 aliphatic carbocycles. The minimum absolute atomic E-state index is 0.0113.